The quantitative estimate of drug-likeness (QED) is 0.231. The maximum Gasteiger partial charge on any atom is 0.222 e. The van der Waals surface area contributed by atoms with Crippen molar-refractivity contribution in [3.05, 3.63) is 69.8 Å². The number of carbonyl (C=O) groups is 1. The maximum absolute atomic E-state index is 10.9. The minimum absolute atomic E-state index is 0.192. The normalized spacial score (nSPS) is 20.1. The number of halogens is 2. The highest BCUT2D eigenvalue weighted by Crippen LogP contribution is 2.30. The first kappa shape index (κ1) is 30.2. The molecule has 2 saturated heterocycles. The number of rotatable bonds is 10. The molecule has 0 saturated carbocycles. The van der Waals surface area contributed by atoms with E-state index in [9.17, 15) is 4.79 Å². The zero-order valence-electron chi connectivity index (χ0n) is 23.4. The molecular weight excluding hydrogens is 547 g/mol. The number of piperazine rings is 1. The average molecular weight is 588 g/mol. The molecule has 4 N–H and O–H groups in total. The lowest BCUT2D eigenvalue weighted by Crippen LogP contribution is -2.52. The second kappa shape index (κ2) is 14.2. The predicted octanol–water partition coefficient (Wildman–Crippen LogP) is 4.86. The summed E-state index contributed by atoms with van der Waals surface area (Å²) in [5.41, 5.74) is 15.2. The van der Waals surface area contributed by atoms with Gasteiger partial charge in [0.2, 0.25) is 5.88 Å². The standard InChI is InChI=1S/C30H40Cl2N6O2/c1-3-37-11-12-38(19-21(37)2)28(33)4-5-29(34)40-30-15-23(20-36-9-6-22(7-10-36)8-13-39)14-27(35-30)24-16-25(31)18-26(32)17-24/h4-5,13-18,21-22H,3,6-12,19-20,33-34H2,1-2H3/b28-4+,29-5+/t21-/m0/s1. The SMILES string of the molecule is CCN1CCN(/C(N)=C/C=C(\N)Oc2cc(CN3CCC(CC=O)CC3)cc(-c3cc(Cl)cc(Cl)c3)n2)C[C@@H]1C. The number of hydrogen-bond acceptors (Lipinski definition) is 8. The Bertz CT molecular complexity index is 1210. The van der Waals surface area contributed by atoms with Gasteiger partial charge in [0.05, 0.1) is 11.5 Å². The largest absolute Gasteiger partial charge is 0.423 e. The number of aldehydes is 1. The molecule has 0 bridgehead atoms. The van der Waals surface area contributed by atoms with E-state index in [0.29, 0.717) is 45.8 Å². The van der Waals surface area contributed by atoms with Crippen LogP contribution in [0, 0.1) is 5.92 Å². The number of likely N-dealkylation sites (tertiary alicyclic amines) is 1. The van der Waals surface area contributed by atoms with Crippen molar-refractivity contribution in [1.29, 1.82) is 0 Å². The Morgan fingerprint density at radius 1 is 1.05 bits per heavy atom. The number of aromatic nitrogens is 1. The van der Waals surface area contributed by atoms with Gasteiger partial charge in [-0.25, -0.2) is 4.98 Å². The number of carbonyl (C=O) groups excluding carboxylic acids is 1. The first-order valence-corrected chi connectivity index (χ1v) is 14.7. The van der Waals surface area contributed by atoms with Crippen LogP contribution in [-0.4, -0.2) is 71.3 Å². The molecule has 4 rings (SSSR count). The number of nitrogens with zero attached hydrogens (tertiary/aromatic N) is 4. The van der Waals surface area contributed by atoms with Crippen molar-refractivity contribution >= 4 is 29.5 Å². The number of hydrogen-bond donors (Lipinski definition) is 2. The van der Waals surface area contributed by atoms with Gasteiger partial charge in [0, 0.05) is 66.4 Å². The molecule has 2 aromatic rings. The lowest BCUT2D eigenvalue weighted by molar-refractivity contribution is -0.108. The van der Waals surface area contributed by atoms with E-state index in [0.717, 1.165) is 76.1 Å². The first-order valence-electron chi connectivity index (χ1n) is 14.0. The van der Waals surface area contributed by atoms with Crippen molar-refractivity contribution in [3.8, 4) is 17.1 Å². The van der Waals surface area contributed by atoms with E-state index in [4.69, 9.17) is 44.4 Å². The summed E-state index contributed by atoms with van der Waals surface area (Å²) in [7, 11) is 0. The number of piperidine rings is 1. The van der Waals surface area contributed by atoms with E-state index >= 15 is 0 Å². The molecule has 10 heteroatoms. The van der Waals surface area contributed by atoms with Gasteiger partial charge in [-0.05, 0) is 81.2 Å². The van der Waals surface area contributed by atoms with Crippen LogP contribution >= 0.6 is 23.2 Å². The van der Waals surface area contributed by atoms with Crippen molar-refractivity contribution in [2.24, 2.45) is 17.4 Å². The van der Waals surface area contributed by atoms with Crippen molar-refractivity contribution in [2.75, 3.05) is 39.3 Å². The molecule has 0 unspecified atom stereocenters. The Kier molecular flexibility index (Phi) is 10.7. The minimum Gasteiger partial charge on any atom is -0.423 e. The van der Waals surface area contributed by atoms with Crippen molar-refractivity contribution in [2.45, 2.75) is 45.7 Å². The molecule has 0 amide bonds. The molecule has 1 aromatic heterocycles. The lowest BCUT2D eigenvalue weighted by atomic mass is 9.94. The van der Waals surface area contributed by atoms with Crippen molar-refractivity contribution in [3.63, 3.8) is 0 Å². The Balaban J connectivity index is 1.52. The topological polar surface area (TPSA) is 101 Å². The second-order valence-corrected chi connectivity index (χ2v) is 11.5. The number of ether oxygens (including phenoxy) is 1. The predicted molar refractivity (Wildman–Crippen MR) is 162 cm³/mol. The summed E-state index contributed by atoms with van der Waals surface area (Å²) in [4.78, 5) is 22.6. The summed E-state index contributed by atoms with van der Waals surface area (Å²) in [6.07, 6.45) is 7.16. The number of benzene rings is 1. The molecule has 0 aliphatic carbocycles. The Labute approximate surface area is 247 Å². The van der Waals surface area contributed by atoms with E-state index in [1.165, 1.54) is 0 Å². The second-order valence-electron chi connectivity index (χ2n) is 10.7. The van der Waals surface area contributed by atoms with Gasteiger partial charge in [0.25, 0.3) is 0 Å². The molecule has 1 atom stereocenters. The van der Waals surface area contributed by atoms with Crippen LogP contribution in [0.3, 0.4) is 0 Å². The zero-order valence-corrected chi connectivity index (χ0v) is 24.9. The summed E-state index contributed by atoms with van der Waals surface area (Å²) in [6.45, 7) is 10.7. The van der Waals surface area contributed by atoms with Crippen LogP contribution in [0.4, 0.5) is 0 Å². The Morgan fingerprint density at radius 2 is 1.77 bits per heavy atom. The van der Waals surface area contributed by atoms with E-state index in [1.54, 1.807) is 18.2 Å². The van der Waals surface area contributed by atoms with Gasteiger partial charge in [0.15, 0.2) is 5.88 Å². The molecule has 2 fully saturated rings. The van der Waals surface area contributed by atoms with E-state index in [1.807, 2.05) is 24.3 Å². The smallest absolute Gasteiger partial charge is 0.222 e. The molecule has 216 valence electrons. The van der Waals surface area contributed by atoms with Crippen LogP contribution < -0.4 is 16.2 Å². The molecule has 3 heterocycles. The van der Waals surface area contributed by atoms with Crippen LogP contribution in [0.5, 0.6) is 5.88 Å². The first-order chi connectivity index (χ1) is 19.2. The molecule has 1 aromatic carbocycles. The van der Waals surface area contributed by atoms with Crippen molar-refractivity contribution in [1.82, 2.24) is 19.7 Å². The molecule has 40 heavy (non-hydrogen) atoms. The van der Waals surface area contributed by atoms with Crippen molar-refractivity contribution < 1.29 is 9.53 Å². The highest BCUT2D eigenvalue weighted by molar-refractivity contribution is 6.35. The average Bonchev–Trinajstić information content (AvgIpc) is 2.92. The fourth-order valence-corrected chi connectivity index (χ4v) is 5.98. The van der Waals surface area contributed by atoms with Crippen LogP contribution in [0.15, 0.2) is 54.2 Å². The summed E-state index contributed by atoms with van der Waals surface area (Å²) in [6, 6.07) is 9.72. The molecule has 0 radical (unpaired) electrons. The molecule has 8 nitrogen and oxygen atoms in total. The zero-order chi connectivity index (χ0) is 28.6. The van der Waals surface area contributed by atoms with Crippen LogP contribution in [0.2, 0.25) is 10.0 Å². The van der Waals surface area contributed by atoms with Gasteiger partial charge in [-0.3, -0.25) is 9.80 Å². The summed E-state index contributed by atoms with van der Waals surface area (Å²) < 4.78 is 5.99. The fourth-order valence-electron chi connectivity index (χ4n) is 5.45. The minimum atomic E-state index is 0.192. The summed E-state index contributed by atoms with van der Waals surface area (Å²) in [5.74, 6) is 1.70. The number of likely N-dealkylation sites (N-methyl/N-ethyl adjacent to an activating group) is 1. The van der Waals surface area contributed by atoms with Crippen LogP contribution in [0.25, 0.3) is 11.3 Å². The molecule has 2 aliphatic heterocycles. The number of pyridine rings is 1. The fraction of sp³-hybridized carbons (Fsp3) is 0.467. The third-order valence-electron chi connectivity index (χ3n) is 7.74. The third kappa shape index (κ3) is 8.36. The van der Waals surface area contributed by atoms with E-state index in [-0.39, 0.29) is 5.88 Å². The van der Waals surface area contributed by atoms with Gasteiger partial charge < -0.3 is 25.9 Å². The van der Waals surface area contributed by atoms with Gasteiger partial charge in [0.1, 0.15) is 6.29 Å². The van der Waals surface area contributed by atoms with Crippen LogP contribution in [0.1, 0.15) is 38.7 Å². The third-order valence-corrected chi connectivity index (χ3v) is 8.18. The van der Waals surface area contributed by atoms with Gasteiger partial charge in [-0.2, -0.15) is 0 Å². The van der Waals surface area contributed by atoms with Gasteiger partial charge in [-0.1, -0.05) is 30.1 Å². The van der Waals surface area contributed by atoms with Gasteiger partial charge in [-0.15, -0.1) is 0 Å². The maximum atomic E-state index is 10.9. The molecule has 0 spiro atoms. The van der Waals surface area contributed by atoms with Gasteiger partial charge >= 0.3 is 0 Å². The molecular formula is C30H40Cl2N6O2. The number of nitrogens with two attached hydrogens (primary N) is 2. The lowest BCUT2D eigenvalue weighted by Gasteiger charge is -2.40. The molecule has 2 aliphatic rings. The summed E-state index contributed by atoms with van der Waals surface area (Å²) >= 11 is 12.6. The Morgan fingerprint density at radius 3 is 2.42 bits per heavy atom. The van der Waals surface area contributed by atoms with Crippen LogP contribution in [-0.2, 0) is 11.3 Å². The monoisotopic (exact) mass is 586 g/mol. The van der Waals surface area contributed by atoms with E-state index in [2.05, 4.69) is 28.5 Å². The summed E-state index contributed by atoms with van der Waals surface area (Å²) in [5, 5.41) is 1.06. The highest BCUT2D eigenvalue weighted by Gasteiger charge is 2.23. The van der Waals surface area contributed by atoms with E-state index < -0.39 is 0 Å². The Hall–Kier alpha value is -2.78. The number of allylic oxidation sites excluding steroid dienone is 2. The highest BCUT2D eigenvalue weighted by atomic mass is 35.5.